The average Bonchev–Trinajstić information content (AvgIpc) is 3.29. The van der Waals surface area contributed by atoms with Crippen LogP contribution in [-0.2, 0) is 23.2 Å². The van der Waals surface area contributed by atoms with Gasteiger partial charge in [-0.1, -0.05) is 12.1 Å². The molecule has 2 aromatic carbocycles. The summed E-state index contributed by atoms with van der Waals surface area (Å²) in [6, 6.07) is 15.3. The van der Waals surface area contributed by atoms with E-state index < -0.39 is 11.8 Å². The first-order chi connectivity index (χ1) is 14.0. The summed E-state index contributed by atoms with van der Waals surface area (Å²) in [4.78, 5) is 28.8. The molecule has 4 rings (SSSR count). The maximum atomic E-state index is 12.1. The van der Waals surface area contributed by atoms with Crippen LogP contribution >= 0.6 is 11.3 Å². The van der Waals surface area contributed by atoms with E-state index in [1.54, 1.807) is 28.2 Å². The monoisotopic (exact) mass is 405 g/mol. The van der Waals surface area contributed by atoms with Crippen LogP contribution in [0.2, 0.25) is 0 Å². The summed E-state index contributed by atoms with van der Waals surface area (Å²) in [5.41, 5.74) is 4.16. The predicted octanol–water partition coefficient (Wildman–Crippen LogP) is 3.26. The second-order valence-corrected chi connectivity index (χ2v) is 7.64. The Kier molecular flexibility index (Phi) is 5.09. The molecule has 0 aliphatic heterocycles. The summed E-state index contributed by atoms with van der Waals surface area (Å²) >= 11 is 1.61. The third-order valence-electron chi connectivity index (χ3n) is 4.44. The van der Waals surface area contributed by atoms with Crippen LogP contribution in [0.5, 0.6) is 0 Å². The van der Waals surface area contributed by atoms with Gasteiger partial charge in [-0.05, 0) is 43.3 Å². The van der Waals surface area contributed by atoms with Gasteiger partial charge in [-0.25, -0.2) is 4.98 Å². The van der Waals surface area contributed by atoms with Crippen LogP contribution in [0.3, 0.4) is 0 Å². The van der Waals surface area contributed by atoms with Gasteiger partial charge in [0.05, 0.1) is 15.9 Å². The zero-order valence-corrected chi connectivity index (χ0v) is 16.8. The molecular weight excluding hydrogens is 386 g/mol. The van der Waals surface area contributed by atoms with Crippen LogP contribution < -0.4 is 10.6 Å². The van der Waals surface area contributed by atoms with E-state index in [-0.39, 0.29) is 6.54 Å². The van der Waals surface area contributed by atoms with Gasteiger partial charge in [-0.15, -0.1) is 11.3 Å². The second kappa shape index (κ2) is 7.84. The number of hydrogen-bond donors (Lipinski definition) is 2. The summed E-state index contributed by atoms with van der Waals surface area (Å²) < 4.78 is 2.80. The van der Waals surface area contributed by atoms with Crippen molar-refractivity contribution in [3.05, 3.63) is 66.0 Å². The first kappa shape index (κ1) is 18.8. The lowest BCUT2D eigenvalue weighted by atomic mass is 10.2. The maximum Gasteiger partial charge on any atom is 0.313 e. The standard InChI is InChI=1S/C21H19N5O2S/c1-13-15(12-26(2)25-13)11-22-19(27)20(28)23-16-9-7-14(8-10-16)21-24-17-5-3-4-6-18(17)29-21/h3-10,12H,11H2,1-2H3,(H,22,27)(H,23,28). The molecule has 0 unspecified atom stereocenters. The molecular formula is C21H19N5O2S. The fourth-order valence-electron chi connectivity index (χ4n) is 2.96. The van der Waals surface area contributed by atoms with Gasteiger partial charge in [-0.2, -0.15) is 5.10 Å². The minimum Gasteiger partial charge on any atom is -0.344 e. The van der Waals surface area contributed by atoms with E-state index in [4.69, 9.17) is 0 Å². The van der Waals surface area contributed by atoms with Crippen molar-refractivity contribution < 1.29 is 9.59 Å². The molecule has 0 radical (unpaired) electrons. The molecule has 0 aliphatic carbocycles. The summed E-state index contributed by atoms with van der Waals surface area (Å²) in [6.07, 6.45) is 1.81. The van der Waals surface area contributed by atoms with Crippen molar-refractivity contribution in [3.63, 3.8) is 0 Å². The Labute approximate surface area is 171 Å². The van der Waals surface area contributed by atoms with Gasteiger partial charge in [0, 0.05) is 36.6 Å². The number of aromatic nitrogens is 3. The Hall–Kier alpha value is -3.52. The maximum absolute atomic E-state index is 12.1. The lowest BCUT2D eigenvalue weighted by Gasteiger charge is -2.06. The third kappa shape index (κ3) is 4.17. The molecule has 7 nitrogen and oxygen atoms in total. The molecule has 0 fully saturated rings. The van der Waals surface area contributed by atoms with E-state index >= 15 is 0 Å². The third-order valence-corrected chi connectivity index (χ3v) is 5.53. The number of rotatable bonds is 4. The highest BCUT2D eigenvalue weighted by molar-refractivity contribution is 7.21. The Morgan fingerprint density at radius 2 is 1.83 bits per heavy atom. The van der Waals surface area contributed by atoms with Gasteiger partial charge < -0.3 is 10.6 Å². The lowest BCUT2D eigenvalue weighted by molar-refractivity contribution is -0.136. The number of nitrogens with zero attached hydrogens (tertiary/aromatic N) is 3. The highest BCUT2D eigenvalue weighted by Gasteiger charge is 2.15. The first-order valence-electron chi connectivity index (χ1n) is 9.04. The van der Waals surface area contributed by atoms with E-state index in [0.717, 1.165) is 32.0 Å². The normalized spacial score (nSPS) is 10.8. The minimum atomic E-state index is -0.709. The number of para-hydroxylation sites is 1. The predicted molar refractivity (Wildman–Crippen MR) is 113 cm³/mol. The molecule has 8 heteroatoms. The molecule has 2 N–H and O–H groups in total. The van der Waals surface area contributed by atoms with E-state index in [2.05, 4.69) is 20.7 Å². The fraction of sp³-hybridized carbons (Fsp3) is 0.143. The Balaban J connectivity index is 1.38. The van der Waals surface area contributed by atoms with Crippen molar-refractivity contribution in [2.45, 2.75) is 13.5 Å². The number of amides is 2. The van der Waals surface area contributed by atoms with Gasteiger partial charge in [0.1, 0.15) is 5.01 Å². The number of anilines is 1. The number of hydrogen-bond acceptors (Lipinski definition) is 5. The Morgan fingerprint density at radius 1 is 1.07 bits per heavy atom. The molecule has 2 amide bonds. The number of thiazole rings is 1. The summed E-state index contributed by atoms with van der Waals surface area (Å²) in [7, 11) is 1.81. The molecule has 4 aromatic rings. The van der Waals surface area contributed by atoms with Crippen LogP contribution in [0.1, 0.15) is 11.3 Å². The molecule has 0 atom stereocenters. The van der Waals surface area contributed by atoms with E-state index in [1.165, 1.54) is 0 Å². The molecule has 2 aromatic heterocycles. The summed E-state index contributed by atoms with van der Waals surface area (Å²) in [5.74, 6) is -1.40. The quantitative estimate of drug-likeness (QED) is 0.510. The molecule has 29 heavy (non-hydrogen) atoms. The van der Waals surface area contributed by atoms with Crippen molar-refractivity contribution in [2.75, 3.05) is 5.32 Å². The Morgan fingerprint density at radius 3 is 2.52 bits per heavy atom. The summed E-state index contributed by atoms with van der Waals surface area (Å²) in [6.45, 7) is 2.11. The zero-order chi connectivity index (χ0) is 20.4. The number of benzene rings is 2. The van der Waals surface area contributed by atoms with Gasteiger partial charge >= 0.3 is 11.8 Å². The SMILES string of the molecule is Cc1nn(C)cc1CNC(=O)C(=O)Nc1ccc(-c2nc3ccccc3s2)cc1. The van der Waals surface area contributed by atoms with E-state index in [0.29, 0.717) is 5.69 Å². The van der Waals surface area contributed by atoms with Crippen LogP contribution in [-0.4, -0.2) is 26.6 Å². The van der Waals surface area contributed by atoms with Crippen molar-refractivity contribution in [1.82, 2.24) is 20.1 Å². The largest absolute Gasteiger partial charge is 0.344 e. The molecule has 146 valence electrons. The number of fused-ring (bicyclic) bond motifs is 1. The highest BCUT2D eigenvalue weighted by Crippen LogP contribution is 2.30. The smallest absolute Gasteiger partial charge is 0.313 e. The molecule has 0 saturated carbocycles. The topological polar surface area (TPSA) is 88.9 Å². The van der Waals surface area contributed by atoms with Crippen LogP contribution in [0.15, 0.2) is 54.7 Å². The molecule has 0 spiro atoms. The summed E-state index contributed by atoms with van der Waals surface area (Å²) in [5, 5.41) is 10.3. The van der Waals surface area contributed by atoms with Crippen molar-refractivity contribution in [1.29, 1.82) is 0 Å². The lowest BCUT2D eigenvalue weighted by Crippen LogP contribution is -2.35. The zero-order valence-electron chi connectivity index (χ0n) is 16.0. The van der Waals surface area contributed by atoms with E-state index in [9.17, 15) is 9.59 Å². The van der Waals surface area contributed by atoms with Gasteiger partial charge in [0.2, 0.25) is 0 Å². The molecule has 0 saturated heterocycles. The van der Waals surface area contributed by atoms with E-state index in [1.807, 2.05) is 56.6 Å². The number of aryl methyl sites for hydroxylation is 2. The first-order valence-corrected chi connectivity index (χ1v) is 9.85. The molecule has 0 aliphatic rings. The van der Waals surface area contributed by atoms with Crippen molar-refractivity contribution >= 4 is 39.1 Å². The fourth-order valence-corrected chi connectivity index (χ4v) is 3.93. The van der Waals surface area contributed by atoms with Crippen molar-refractivity contribution in [2.24, 2.45) is 7.05 Å². The number of nitrogens with one attached hydrogen (secondary N) is 2. The highest BCUT2D eigenvalue weighted by atomic mass is 32.1. The Bertz CT molecular complexity index is 1160. The van der Waals surface area contributed by atoms with Crippen LogP contribution in [0.25, 0.3) is 20.8 Å². The number of carbonyl (C=O) groups excluding carboxylic acids is 2. The van der Waals surface area contributed by atoms with Gasteiger partial charge in [0.25, 0.3) is 0 Å². The van der Waals surface area contributed by atoms with Gasteiger partial charge in [0.15, 0.2) is 0 Å². The number of carbonyl (C=O) groups is 2. The minimum absolute atomic E-state index is 0.252. The van der Waals surface area contributed by atoms with Crippen LogP contribution in [0.4, 0.5) is 5.69 Å². The van der Waals surface area contributed by atoms with Gasteiger partial charge in [-0.3, -0.25) is 14.3 Å². The van der Waals surface area contributed by atoms with Crippen LogP contribution in [0, 0.1) is 6.92 Å². The average molecular weight is 405 g/mol. The molecule has 0 bridgehead atoms. The molecule has 2 heterocycles. The second-order valence-electron chi connectivity index (χ2n) is 6.61. The van der Waals surface area contributed by atoms with Crippen molar-refractivity contribution in [3.8, 4) is 10.6 Å².